The highest BCUT2D eigenvalue weighted by molar-refractivity contribution is 7.90. The van der Waals surface area contributed by atoms with Crippen LogP contribution < -0.4 is 11.1 Å². The smallest absolute Gasteiger partial charge is 0.175 e. The molecule has 0 aromatic heterocycles. The Hall–Kier alpha value is -1.27. The van der Waals surface area contributed by atoms with Gasteiger partial charge in [-0.2, -0.15) is 0 Å². The average Bonchev–Trinajstić information content (AvgIpc) is 2.38. The molecule has 1 aliphatic rings. The van der Waals surface area contributed by atoms with Gasteiger partial charge < -0.3 is 15.8 Å². The number of benzene rings is 1. The number of nitrogens with two attached hydrogens (primary N) is 1. The lowest BCUT2D eigenvalue weighted by molar-refractivity contribution is -0.0975. The molecule has 0 spiro atoms. The third-order valence-electron chi connectivity index (χ3n) is 4.33. The number of rotatable bonds is 5. The van der Waals surface area contributed by atoms with Crippen molar-refractivity contribution in [2.75, 3.05) is 23.9 Å². The van der Waals surface area contributed by atoms with Gasteiger partial charge in [0.25, 0.3) is 0 Å². The minimum Gasteiger partial charge on any atom is -0.397 e. The van der Waals surface area contributed by atoms with Crippen LogP contribution in [-0.4, -0.2) is 33.4 Å². The van der Waals surface area contributed by atoms with E-state index in [4.69, 9.17) is 10.5 Å². The molecule has 0 aliphatic heterocycles. The third-order valence-corrected chi connectivity index (χ3v) is 5.44. The molecule has 0 bridgehead atoms. The van der Waals surface area contributed by atoms with Crippen LogP contribution in [0.2, 0.25) is 0 Å². The minimum absolute atomic E-state index is 0.0257. The molecule has 0 radical (unpaired) electrons. The Morgan fingerprint density at radius 2 is 2.10 bits per heavy atom. The predicted octanol–water partition coefficient (Wildman–Crippen LogP) is 2.29. The molecule has 3 N–H and O–H groups in total. The van der Waals surface area contributed by atoms with Crippen LogP contribution in [0.1, 0.15) is 27.2 Å². The molecule has 2 atom stereocenters. The first kappa shape index (κ1) is 16.1. The summed E-state index contributed by atoms with van der Waals surface area (Å²) in [4.78, 5) is 0.241. The molecule has 1 aromatic rings. The van der Waals surface area contributed by atoms with Gasteiger partial charge in [0.15, 0.2) is 9.84 Å². The summed E-state index contributed by atoms with van der Waals surface area (Å²) in [6, 6.07) is 5.08. The van der Waals surface area contributed by atoms with E-state index in [1.807, 2.05) is 6.92 Å². The molecule has 0 amide bonds. The highest BCUT2D eigenvalue weighted by Gasteiger charge is 2.48. The van der Waals surface area contributed by atoms with Gasteiger partial charge in [0.2, 0.25) is 0 Å². The third kappa shape index (κ3) is 3.16. The van der Waals surface area contributed by atoms with Crippen molar-refractivity contribution in [3.05, 3.63) is 18.2 Å². The Balaban J connectivity index is 2.12. The van der Waals surface area contributed by atoms with Crippen molar-refractivity contribution in [2.24, 2.45) is 5.41 Å². The Morgan fingerprint density at radius 1 is 1.43 bits per heavy atom. The fraction of sp³-hybridized carbons (Fsp3) is 0.600. The summed E-state index contributed by atoms with van der Waals surface area (Å²) < 4.78 is 28.7. The first-order chi connectivity index (χ1) is 9.66. The molecular weight excluding hydrogens is 288 g/mol. The molecule has 1 aromatic carbocycles. The van der Waals surface area contributed by atoms with Crippen LogP contribution in [0.5, 0.6) is 0 Å². The monoisotopic (exact) mass is 312 g/mol. The summed E-state index contributed by atoms with van der Waals surface area (Å²) in [6.07, 6.45) is 2.35. The number of nitrogens with one attached hydrogen (secondary N) is 1. The maximum absolute atomic E-state index is 11.5. The van der Waals surface area contributed by atoms with Gasteiger partial charge in [-0.1, -0.05) is 13.8 Å². The highest BCUT2D eigenvalue weighted by Crippen LogP contribution is 2.44. The number of ether oxygens (including phenoxy) is 1. The zero-order chi connectivity index (χ0) is 15.8. The van der Waals surface area contributed by atoms with Crippen LogP contribution in [0.25, 0.3) is 0 Å². The van der Waals surface area contributed by atoms with E-state index in [1.54, 1.807) is 12.1 Å². The number of hydrogen-bond acceptors (Lipinski definition) is 5. The van der Waals surface area contributed by atoms with Gasteiger partial charge in [-0.3, -0.25) is 0 Å². The van der Waals surface area contributed by atoms with Gasteiger partial charge in [0.1, 0.15) is 0 Å². The van der Waals surface area contributed by atoms with E-state index in [-0.39, 0.29) is 22.5 Å². The SMILES string of the molecule is CCOC1CC(Nc2ccc(S(C)(=O)=O)cc2N)C1(C)C. The molecule has 118 valence electrons. The molecule has 0 saturated heterocycles. The van der Waals surface area contributed by atoms with Gasteiger partial charge in [0.05, 0.1) is 22.4 Å². The summed E-state index contributed by atoms with van der Waals surface area (Å²) in [5.74, 6) is 0. The molecule has 2 rings (SSSR count). The van der Waals surface area contributed by atoms with Crippen molar-refractivity contribution < 1.29 is 13.2 Å². The van der Waals surface area contributed by atoms with Gasteiger partial charge in [-0.25, -0.2) is 8.42 Å². The van der Waals surface area contributed by atoms with Crippen molar-refractivity contribution in [1.82, 2.24) is 0 Å². The molecule has 5 nitrogen and oxygen atoms in total. The summed E-state index contributed by atoms with van der Waals surface area (Å²) in [6.45, 7) is 7.04. The quantitative estimate of drug-likeness (QED) is 0.815. The van der Waals surface area contributed by atoms with Crippen LogP contribution in [0.3, 0.4) is 0 Å². The second-order valence-corrected chi connectivity index (χ2v) is 8.23. The van der Waals surface area contributed by atoms with Crippen molar-refractivity contribution in [1.29, 1.82) is 0 Å². The lowest BCUT2D eigenvalue weighted by Crippen LogP contribution is -2.58. The van der Waals surface area contributed by atoms with E-state index in [1.165, 1.54) is 12.3 Å². The second kappa shape index (κ2) is 5.50. The van der Waals surface area contributed by atoms with Crippen molar-refractivity contribution >= 4 is 21.2 Å². The van der Waals surface area contributed by atoms with E-state index in [0.29, 0.717) is 12.3 Å². The Kier molecular flexibility index (Phi) is 4.22. The van der Waals surface area contributed by atoms with Crippen LogP contribution >= 0.6 is 0 Å². The Bertz CT molecular complexity index is 626. The molecule has 21 heavy (non-hydrogen) atoms. The number of hydrogen-bond donors (Lipinski definition) is 2. The lowest BCUT2D eigenvalue weighted by Gasteiger charge is -2.52. The first-order valence-electron chi connectivity index (χ1n) is 7.14. The minimum atomic E-state index is -3.23. The number of sulfone groups is 1. The molecule has 6 heteroatoms. The largest absolute Gasteiger partial charge is 0.397 e. The zero-order valence-electron chi connectivity index (χ0n) is 13.0. The normalized spacial score (nSPS) is 24.4. The van der Waals surface area contributed by atoms with E-state index < -0.39 is 9.84 Å². The molecule has 1 fully saturated rings. The predicted molar refractivity (Wildman–Crippen MR) is 85.2 cm³/mol. The van der Waals surface area contributed by atoms with Gasteiger partial charge in [0, 0.05) is 24.3 Å². The van der Waals surface area contributed by atoms with Crippen LogP contribution in [-0.2, 0) is 14.6 Å². The van der Waals surface area contributed by atoms with Crippen LogP contribution in [0.4, 0.5) is 11.4 Å². The molecule has 1 saturated carbocycles. The number of nitrogen functional groups attached to an aromatic ring is 1. The summed E-state index contributed by atoms with van der Waals surface area (Å²) >= 11 is 0. The van der Waals surface area contributed by atoms with E-state index in [2.05, 4.69) is 19.2 Å². The maximum Gasteiger partial charge on any atom is 0.175 e. The highest BCUT2D eigenvalue weighted by atomic mass is 32.2. The van der Waals surface area contributed by atoms with Gasteiger partial charge >= 0.3 is 0 Å². The summed E-state index contributed by atoms with van der Waals surface area (Å²) in [7, 11) is -3.23. The van der Waals surface area contributed by atoms with Gasteiger partial charge in [-0.05, 0) is 31.5 Å². The maximum atomic E-state index is 11.5. The van der Waals surface area contributed by atoms with Crippen LogP contribution in [0, 0.1) is 5.41 Å². The topological polar surface area (TPSA) is 81.4 Å². The zero-order valence-corrected chi connectivity index (χ0v) is 13.8. The van der Waals surface area contributed by atoms with Gasteiger partial charge in [-0.15, -0.1) is 0 Å². The summed E-state index contributed by atoms with van der Waals surface area (Å²) in [5.41, 5.74) is 7.22. The Labute approximate surface area is 126 Å². The van der Waals surface area contributed by atoms with E-state index >= 15 is 0 Å². The van der Waals surface area contributed by atoms with Crippen molar-refractivity contribution in [2.45, 2.75) is 44.2 Å². The standard InChI is InChI=1S/C15H24N2O3S/c1-5-20-14-9-13(15(14,2)3)17-12-7-6-10(8-11(12)16)21(4,18)19/h6-8,13-14,17H,5,9,16H2,1-4H3. The van der Waals surface area contributed by atoms with Crippen molar-refractivity contribution in [3.8, 4) is 0 Å². The molecular formula is C15H24N2O3S. The number of anilines is 2. The molecule has 0 heterocycles. The van der Waals surface area contributed by atoms with Crippen molar-refractivity contribution in [3.63, 3.8) is 0 Å². The summed E-state index contributed by atoms with van der Waals surface area (Å²) in [5, 5.41) is 3.40. The van der Waals surface area contributed by atoms with E-state index in [0.717, 1.165) is 12.1 Å². The molecule has 1 aliphatic carbocycles. The fourth-order valence-electron chi connectivity index (χ4n) is 2.71. The fourth-order valence-corrected chi connectivity index (χ4v) is 3.36. The first-order valence-corrected chi connectivity index (χ1v) is 9.03. The molecule has 2 unspecified atom stereocenters. The van der Waals surface area contributed by atoms with Crippen LogP contribution in [0.15, 0.2) is 23.1 Å². The Morgan fingerprint density at radius 3 is 2.57 bits per heavy atom. The lowest BCUT2D eigenvalue weighted by atomic mass is 9.64. The second-order valence-electron chi connectivity index (χ2n) is 6.22. The average molecular weight is 312 g/mol. The van der Waals surface area contributed by atoms with E-state index in [9.17, 15) is 8.42 Å².